The number of methoxy groups -OCH3 is 2. The van der Waals surface area contributed by atoms with Crippen molar-refractivity contribution in [1.29, 1.82) is 0 Å². The molecule has 1 unspecified atom stereocenters. The van der Waals surface area contributed by atoms with Gasteiger partial charge in [-0.3, -0.25) is 10.0 Å². The molecule has 1 fully saturated rings. The van der Waals surface area contributed by atoms with Gasteiger partial charge in [-0.05, 0) is 55.7 Å². The predicted molar refractivity (Wildman–Crippen MR) is 117 cm³/mol. The van der Waals surface area contributed by atoms with E-state index < -0.39 is 39.3 Å². The molecular formula is C22H25F3N2O7S. The van der Waals surface area contributed by atoms with Crippen LogP contribution in [0.4, 0.5) is 13.2 Å². The van der Waals surface area contributed by atoms with Gasteiger partial charge in [0.15, 0.2) is 11.5 Å². The number of ether oxygens (including phenoxy) is 3. The third kappa shape index (κ3) is 5.80. The van der Waals surface area contributed by atoms with Gasteiger partial charge in [0.2, 0.25) is 10.0 Å². The summed E-state index contributed by atoms with van der Waals surface area (Å²) in [6.07, 6.45) is -3.71. The van der Waals surface area contributed by atoms with Gasteiger partial charge in [-0.25, -0.2) is 13.9 Å². The standard InChI is InChI=1S/C22H25F3N2O7S/c1-32-17-9-10-18(19(20(17)33-2)21(28)26-29)35(30,31)27-12-3-4-15(11-13-27)34-16-7-5-14(6-8-16)22(23,24)25/h5-10,15,29H,3-4,11-13H2,1-2H3,(H,26,28). The Morgan fingerprint density at radius 2 is 1.74 bits per heavy atom. The predicted octanol–water partition coefficient (Wildman–Crippen LogP) is 3.46. The molecule has 0 radical (unpaired) electrons. The second-order valence-electron chi connectivity index (χ2n) is 7.71. The van der Waals surface area contributed by atoms with Crippen LogP contribution in [-0.2, 0) is 16.2 Å². The van der Waals surface area contributed by atoms with E-state index in [1.807, 2.05) is 0 Å². The van der Waals surface area contributed by atoms with Gasteiger partial charge in [-0.1, -0.05) is 0 Å². The zero-order valence-corrected chi connectivity index (χ0v) is 19.8. The van der Waals surface area contributed by atoms with Crippen molar-refractivity contribution in [2.75, 3.05) is 27.3 Å². The van der Waals surface area contributed by atoms with E-state index in [0.29, 0.717) is 12.8 Å². The number of hydroxylamine groups is 1. The monoisotopic (exact) mass is 518 g/mol. The van der Waals surface area contributed by atoms with E-state index in [0.717, 1.165) is 12.1 Å². The van der Waals surface area contributed by atoms with E-state index in [4.69, 9.17) is 14.2 Å². The number of halogens is 3. The Morgan fingerprint density at radius 1 is 1.06 bits per heavy atom. The van der Waals surface area contributed by atoms with Crippen molar-refractivity contribution < 1.29 is 45.8 Å². The third-order valence-electron chi connectivity index (χ3n) is 5.57. The number of benzene rings is 2. The van der Waals surface area contributed by atoms with Gasteiger partial charge < -0.3 is 14.2 Å². The van der Waals surface area contributed by atoms with Crippen LogP contribution < -0.4 is 19.7 Å². The number of nitrogens with zero attached hydrogens (tertiary/aromatic N) is 1. The molecule has 0 aliphatic carbocycles. The highest BCUT2D eigenvalue weighted by atomic mass is 32.2. The molecule has 0 saturated carbocycles. The van der Waals surface area contributed by atoms with E-state index in [2.05, 4.69) is 0 Å². The molecule has 2 N–H and O–H groups in total. The molecule has 2 aromatic rings. The molecule has 1 heterocycles. The largest absolute Gasteiger partial charge is 0.493 e. The minimum absolute atomic E-state index is 0.0438. The first-order valence-electron chi connectivity index (χ1n) is 10.6. The summed E-state index contributed by atoms with van der Waals surface area (Å²) in [5, 5.41) is 9.17. The van der Waals surface area contributed by atoms with Gasteiger partial charge in [-0.15, -0.1) is 0 Å². The Bertz CT molecular complexity index is 1150. The average molecular weight is 519 g/mol. The summed E-state index contributed by atoms with van der Waals surface area (Å²) in [7, 11) is -1.65. The van der Waals surface area contributed by atoms with Gasteiger partial charge in [-0.2, -0.15) is 17.5 Å². The molecule has 192 valence electrons. The Labute approximate surface area is 200 Å². The molecule has 0 spiro atoms. The average Bonchev–Trinajstić information content (AvgIpc) is 3.08. The lowest BCUT2D eigenvalue weighted by Gasteiger charge is -2.23. The minimum Gasteiger partial charge on any atom is -0.493 e. The van der Waals surface area contributed by atoms with Crippen molar-refractivity contribution in [1.82, 2.24) is 9.79 Å². The number of alkyl halides is 3. The second-order valence-corrected chi connectivity index (χ2v) is 9.62. The summed E-state index contributed by atoms with van der Waals surface area (Å²) in [5.74, 6) is -0.886. The molecule has 13 heteroatoms. The lowest BCUT2D eigenvalue weighted by Crippen LogP contribution is -2.34. The highest BCUT2D eigenvalue weighted by Gasteiger charge is 2.35. The minimum atomic E-state index is -4.45. The van der Waals surface area contributed by atoms with Gasteiger partial charge in [0.25, 0.3) is 5.91 Å². The third-order valence-corrected chi connectivity index (χ3v) is 7.51. The Balaban J connectivity index is 1.81. The number of rotatable bonds is 7. The lowest BCUT2D eigenvalue weighted by atomic mass is 10.1. The van der Waals surface area contributed by atoms with Crippen molar-refractivity contribution in [3.05, 3.63) is 47.5 Å². The molecule has 1 aliphatic rings. The van der Waals surface area contributed by atoms with Crippen molar-refractivity contribution in [2.45, 2.75) is 36.4 Å². The number of hydrogen-bond acceptors (Lipinski definition) is 7. The molecule has 1 aliphatic heterocycles. The Kier molecular flexibility index (Phi) is 8.13. The summed E-state index contributed by atoms with van der Waals surface area (Å²) in [5.41, 5.74) is 0.237. The first-order valence-corrected chi connectivity index (χ1v) is 12.0. The summed E-state index contributed by atoms with van der Waals surface area (Å²) < 4.78 is 82.5. The smallest absolute Gasteiger partial charge is 0.416 e. The van der Waals surface area contributed by atoms with E-state index >= 15 is 0 Å². The van der Waals surface area contributed by atoms with Crippen LogP contribution in [0.3, 0.4) is 0 Å². The highest BCUT2D eigenvalue weighted by molar-refractivity contribution is 7.89. The van der Waals surface area contributed by atoms with Gasteiger partial charge in [0.05, 0.1) is 24.7 Å². The van der Waals surface area contributed by atoms with E-state index in [1.165, 1.54) is 48.3 Å². The molecule has 9 nitrogen and oxygen atoms in total. The maximum Gasteiger partial charge on any atom is 0.416 e. The van der Waals surface area contributed by atoms with Crippen molar-refractivity contribution in [3.63, 3.8) is 0 Å². The van der Waals surface area contributed by atoms with Crippen LogP contribution in [0.15, 0.2) is 41.3 Å². The number of nitrogens with one attached hydrogen (secondary N) is 1. The van der Waals surface area contributed by atoms with Crippen molar-refractivity contribution in [2.24, 2.45) is 0 Å². The summed E-state index contributed by atoms with van der Waals surface area (Å²) >= 11 is 0. The Morgan fingerprint density at radius 3 is 2.31 bits per heavy atom. The van der Waals surface area contributed by atoms with Crippen LogP contribution in [0.25, 0.3) is 0 Å². The second kappa shape index (κ2) is 10.7. The topological polar surface area (TPSA) is 114 Å². The molecule has 1 atom stereocenters. The van der Waals surface area contributed by atoms with Gasteiger partial charge in [0.1, 0.15) is 17.4 Å². The summed E-state index contributed by atoms with van der Waals surface area (Å²) in [6, 6.07) is 6.84. The summed E-state index contributed by atoms with van der Waals surface area (Å²) in [6.45, 7) is 0.173. The fraction of sp³-hybridized carbons (Fsp3) is 0.409. The lowest BCUT2D eigenvalue weighted by molar-refractivity contribution is -0.137. The molecule has 35 heavy (non-hydrogen) atoms. The van der Waals surface area contributed by atoms with Crippen LogP contribution in [0.5, 0.6) is 17.2 Å². The molecule has 3 rings (SSSR count). The Hall–Kier alpha value is -3.03. The summed E-state index contributed by atoms with van der Waals surface area (Å²) in [4.78, 5) is 12.0. The molecular weight excluding hydrogens is 493 g/mol. The number of hydrogen-bond donors (Lipinski definition) is 2. The fourth-order valence-corrected chi connectivity index (χ4v) is 5.52. The molecule has 1 saturated heterocycles. The van der Waals surface area contributed by atoms with Crippen LogP contribution in [-0.4, -0.2) is 57.3 Å². The quantitative estimate of drug-likeness (QED) is 0.426. The molecule has 0 bridgehead atoms. The highest BCUT2D eigenvalue weighted by Crippen LogP contribution is 2.37. The van der Waals surface area contributed by atoms with E-state index in [-0.39, 0.29) is 41.7 Å². The zero-order chi connectivity index (χ0) is 25.8. The van der Waals surface area contributed by atoms with Crippen LogP contribution in [0.1, 0.15) is 35.2 Å². The van der Waals surface area contributed by atoms with Crippen LogP contribution >= 0.6 is 0 Å². The van der Waals surface area contributed by atoms with Crippen LogP contribution in [0, 0.1) is 0 Å². The number of amides is 1. The number of carbonyl (C=O) groups excluding carboxylic acids is 1. The first kappa shape index (κ1) is 26.6. The van der Waals surface area contributed by atoms with E-state index in [9.17, 15) is 31.6 Å². The van der Waals surface area contributed by atoms with E-state index in [1.54, 1.807) is 0 Å². The van der Waals surface area contributed by atoms with Crippen LogP contribution in [0.2, 0.25) is 0 Å². The maximum atomic E-state index is 13.5. The van der Waals surface area contributed by atoms with Gasteiger partial charge >= 0.3 is 6.18 Å². The first-order chi connectivity index (χ1) is 16.5. The number of carbonyl (C=O) groups is 1. The molecule has 1 amide bonds. The number of sulfonamides is 1. The zero-order valence-electron chi connectivity index (χ0n) is 19.0. The van der Waals surface area contributed by atoms with Gasteiger partial charge in [0, 0.05) is 13.1 Å². The van der Waals surface area contributed by atoms with Crippen molar-refractivity contribution >= 4 is 15.9 Å². The SMILES string of the molecule is COc1ccc(S(=O)(=O)N2CCCC(Oc3ccc(C(F)(F)F)cc3)CC2)c(C(=O)NO)c1OC. The maximum absolute atomic E-state index is 13.5. The molecule has 0 aromatic heterocycles. The normalized spacial score (nSPS) is 17.4. The van der Waals surface area contributed by atoms with Crippen molar-refractivity contribution in [3.8, 4) is 17.2 Å². The fourth-order valence-electron chi connectivity index (χ4n) is 3.85. The molecule has 2 aromatic carbocycles.